The lowest BCUT2D eigenvalue weighted by Crippen LogP contribution is -2.48. The molecular formula is C12H17ClN2O. The first-order valence-corrected chi connectivity index (χ1v) is 6.04. The summed E-state index contributed by atoms with van der Waals surface area (Å²) in [5.74, 6) is 1.53. The van der Waals surface area contributed by atoms with Gasteiger partial charge in [0.15, 0.2) is 0 Å². The van der Waals surface area contributed by atoms with Crippen molar-refractivity contribution in [2.45, 2.75) is 25.3 Å². The van der Waals surface area contributed by atoms with Gasteiger partial charge in [0, 0.05) is 25.2 Å². The Kier molecular flexibility index (Phi) is 3.36. The minimum atomic E-state index is -0.100. The molecule has 3 nitrogen and oxygen atoms in total. The number of alkyl halides is 1. The van der Waals surface area contributed by atoms with E-state index in [0.717, 1.165) is 31.1 Å². The molecule has 0 N–H and O–H groups in total. The molecule has 0 bridgehead atoms. The van der Waals surface area contributed by atoms with Gasteiger partial charge in [-0.1, -0.05) is 0 Å². The number of anilines is 1. The number of rotatable bonds is 2. The van der Waals surface area contributed by atoms with Crippen molar-refractivity contribution in [3.63, 3.8) is 0 Å². The summed E-state index contributed by atoms with van der Waals surface area (Å²) in [6.45, 7) is 6.71. The van der Waals surface area contributed by atoms with Crippen molar-refractivity contribution in [1.29, 1.82) is 0 Å². The molecule has 0 unspecified atom stereocenters. The Bertz CT molecular complexity index is 368. The molecule has 0 radical (unpaired) electrons. The summed E-state index contributed by atoms with van der Waals surface area (Å²) in [5.41, 5.74) is 1.01. The molecule has 1 aliphatic rings. The molecule has 1 aromatic heterocycles. The summed E-state index contributed by atoms with van der Waals surface area (Å²) in [4.78, 5) is 6.64. The van der Waals surface area contributed by atoms with Crippen LogP contribution in [0.5, 0.6) is 0 Å². The van der Waals surface area contributed by atoms with Gasteiger partial charge in [0.05, 0.1) is 12.2 Å². The van der Waals surface area contributed by atoms with E-state index in [9.17, 15) is 0 Å². The van der Waals surface area contributed by atoms with Gasteiger partial charge in [0.25, 0.3) is 0 Å². The van der Waals surface area contributed by atoms with Gasteiger partial charge in [0.1, 0.15) is 5.82 Å². The topological polar surface area (TPSA) is 25.4 Å². The van der Waals surface area contributed by atoms with E-state index in [1.165, 1.54) is 0 Å². The molecule has 0 aromatic carbocycles. The second-order valence-corrected chi connectivity index (χ2v) is 4.95. The molecule has 0 saturated carbocycles. The standard InChI is InChI=1S/C12H17ClN2O/c1-12(2)9-15(5-6-16-12)11-7-10(8-13)3-4-14-11/h3-4,7H,5-6,8-9H2,1-2H3. The van der Waals surface area contributed by atoms with Crippen molar-refractivity contribution in [2.24, 2.45) is 0 Å². The molecule has 1 aromatic rings. The molecule has 1 saturated heterocycles. The lowest BCUT2D eigenvalue weighted by Gasteiger charge is -2.38. The summed E-state index contributed by atoms with van der Waals surface area (Å²) in [6, 6.07) is 4.00. The molecule has 0 atom stereocenters. The lowest BCUT2D eigenvalue weighted by molar-refractivity contribution is -0.0279. The molecule has 88 valence electrons. The van der Waals surface area contributed by atoms with E-state index in [1.54, 1.807) is 0 Å². The normalized spacial score (nSPS) is 19.8. The van der Waals surface area contributed by atoms with Gasteiger partial charge in [-0.3, -0.25) is 0 Å². The third kappa shape index (κ3) is 2.66. The molecule has 1 fully saturated rings. The molecule has 1 aliphatic heterocycles. The summed E-state index contributed by atoms with van der Waals surface area (Å²) in [7, 11) is 0. The van der Waals surface area contributed by atoms with Gasteiger partial charge in [-0.2, -0.15) is 0 Å². The smallest absolute Gasteiger partial charge is 0.128 e. The van der Waals surface area contributed by atoms with Crippen molar-refractivity contribution in [2.75, 3.05) is 24.6 Å². The van der Waals surface area contributed by atoms with Crippen molar-refractivity contribution in [3.8, 4) is 0 Å². The Labute approximate surface area is 101 Å². The van der Waals surface area contributed by atoms with Crippen LogP contribution in [0.1, 0.15) is 19.4 Å². The highest BCUT2D eigenvalue weighted by atomic mass is 35.5. The third-order valence-electron chi connectivity index (χ3n) is 2.71. The largest absolute Gasteiger partial charge is 0.372 e. The number of hydrogen-bond acceptors (Lipinski definition) is 3. The van der Waals surface area contributed by atoms with Crippen molar-refractivity contribution in [1.82, 2.24) is 4.98 Å². The Hall–Kier alpha value is -0.800. The molecular weight excluding hydrogens is 224 g/mol. The fourth-order valence-corrected chi connectivity index (χ4v) is 2.09. The fraction of sp³-hybridized carbons (Fsp3) is 0.583. The van der Waals surface area contributed by atoms with Crippen LogP contribution in [0.15, 0.2) is 18.3 Å². The zero-order chi connectivity index (χ0) is 11.6. The van der Waals surface area contributed by atoms with Gasteiger partial charge in [-0.05, 0) is 31.5 Å². The maximum atomic E-state index is 5.82. The van der Waals surface area contributed by atoms with Crippen molar-refractivity contribution < 1.29 is 4.74 Å². The van der Waals surface area contributed by atoms with E-state index in [-0.39, 0.29) is 5.60 Å². The Balaban J connectivity index is 2.16. The highest BCUT2D eigenvalue weighted by molar-refractivity contribution is 6.17. The Morgan fingerprint density at radius 1 is 1.56 bits per heavy atom. The second-order valence-electron chi connectivity index (χ2n) is 4.69. The van der Waals surface area contributed by atoms with Crippen LogP contribution in [-0.2, 0) is 10.6 Å². The minimum Gasteiger partial charge on any atom is -0.372 e. The average Bonchev–Trinajstić information content (AvgIpc) is 2.28. The van der Waals surface area contributed by atoms with Gasteiger partial charge < -0.3 is 9.64 Å². The van der Waals surface area contributed by atoms with Crippen LogP contribution in [0.4, 0.5) is 5.82 Å². The maximum absolute atomic E-state index is 5.82. The number of aromatic nitrogens is 1. The van der Waals surface area contributed by atoms with Crippen LogP contribution in [0, 0.1) is 0 Å². The molecule has 4 heteroatoms. The Morgan fingerprint density at radius 3 is 3.06 bits per heavy atom. The molecule has 2 rings (SSSR count). The van der Waals surface area contributed by atoms with E-state index >= 15 is 0 Å². The van der Waals surface area contributed by atoms with E-state index in [0.29, 0.717) is 5.88 Å². The molecule has 0 spiro atoms. The predicted octanol–water partition coefficient (Wildman–Crippen LogP) is 2.44. The van der Waals surface area contributed by atoms with Crippen molar-refractivity contribution >= 4 is 17.4 Å². The number of nitrogens with zero attached hydrogens (tertiary/aromatic N) is 2. The first-order chi connectivity index (χ1) is 7.61. The number of halogens is 1. The SMILES string of the molecule is CC1(C)CN(c2cc(CCl)ccn2)CCO1. The van der Waals surface area contributed by atoms with Crippen LogP contribution < -0.4 is 4.90 Å². The van der Waals surface area contributed by atoms with Gasteiger partial charge in [0.2, 0.25) is 0 Å². The molecule has 16 heavy (non-hydrogen) atoms. The first kappa shape index (κ1) is 11.7. The summed E-state index contributed by atoms with van der Waals surface area (Å²) < 4.78 is 5.68. The highest BCUT2D eigenvalue weighted by Gasteiger charge is 2.27. The third-order valence-corrected chi connectivity index (χ3v) is 3.02. The second kappa shape index (κ2) is 4.60. The average molecular weight is 241 g/mol. The minimum absolute atomic E-state index is 0.100. The maximum Gasteiger partial charge on any atom is 0.128 e. The van der Waals surface area contributed by atoms with Crippen LogP contribution >= 0.6 is 11.6 Å². The van der Waals surface area contributed by atoms with Gasteiger partial charge in [-0.25, -0.2) is 4.98 Å². The van der Waals surface area contributed by atoms with E-state index in [1.807, 2.05) is 12.3 Å². The Morgan fingerprint density at radius 2 is 2.38 bits per heavy atom. The number of morpholine rings is 1. The first-order valence-electron chi connectivity index (χ1n) is 5.50. The van der Waals surface area contributed by atoms with Gasteiger partial charge >= 0.3 is 0 Å². The van der Waals surface area contributed by atoms with Crippen molar-refractivity contribution in [3.05, 3.63) is 23.9 Å². The number of ether oxygens (including phenoxy) is 1. The molecule has 0 amide bonds. The molecule has 0 aliphatic carbocycles. The highest BCUT2D eigenvalue weighted by Crippen LogP contribution is 2.22. The van der Waals surface area contributed by atoms with E-state index in [2.05, 4.69) is 29.8 Å². The van der Waals surface area contributed by atoms with Crippen LogP contribution in [0.3, 0.4) is 0 Å². The van der Waals surface area contributed by atoms with E-state index in [4.69, 9.17) is 16.3 Å². The van der Waals surface area contributed by atoms with Gasteiger partial charge in [-0.15, -0.1) is 11.6 Å². The molecule has 2 heterocycles. The summed E-state index contributed by atoms with van der Waals surface area (Å²) >= 11 is 5.82. The predicted molar refractivity (Wildman–Crippen MR) is 66.0 cm³/mol. The fourth-order valence-electron chi connectivity index (χ4n) is 1.93. The zero-order valence-electron chi connectivity index (χ0n) is 9.74. The van der Waals surface area contributed by atoms with Crippen LogP contribution in [0.25, 0.3) is 0 Å². The zero-order valence-corrected chi connectivity index (χ0v) is 10.5. The van der Waals surface area contributed by atoms with Crippen LogP contribution in [-0.4, -0.2) is 30.3 Å². The number of pyridine rings is 1. The quantitative estimate of drug-likeness (QED) is 0.743. The number of hydrogen-bond donors (Lipinski definition) is 0. The van der Waals surface area contributed by atoms with Crippen LogP contribution in [0.2, 0.25) is 0 Å². The summed E-state index contributed by atoms with van der Waals surface area (Å²) in [6.07, 6.45) is 1.81. The van der Waals surface area contributed by atoms with E-state index < -0.39 is 0 Å². The monoisotopic (exact) mass is 240 g/mol. The summed E-state index contributed by atoms with van der Waals surface area (Å²) in [5, 5.41) is 0. The lowest BCUT2D eigenvalue weighted by atomic mass is 10.1.